The topological polar surface area (TPSA) is 148 Å². The van der Waals surface area contributed by atoms with E-state index < -0.39 is 49.3 Å². The van der Waals surface area contributed by atoms with Gasteiger partial charge >= 0.3 is 5.97 Å². The van der Waals surface area contributed by atoms with E-state index in [-0.39, 0.29) is 0 Å². The maximum absolute atomic E-state index is 12.4. The first kappa shape index (κ1) is 22.7. The number of aliphatic hydroxyl groups is 3. The normalized spacial score (nSPS) is 28.7. The van der Waals surface area contributed by atoms with Crippen molar-refractivity contribution in [2.75, 3.05) is 6.61 Å². The maximum atomic E-state index is 12.4. The molecule has 1 aromatic carbocycles. The van der Waals surface area contributed by atoms with Crippen LogP contribution in [0.4, 0.5) is 0 Å². The second-order valence-corrected chi connectivity index (χ2v) is 7.26. The zero-order valence-electron chi connectivity index (χ0n) is 16.2. The molecule has 1 heterocycles. The summed E-state index contributed by atoms with van der Waals surface area (Å²) in [5.41, 5.74) is 14.0. The molecule has 1 fully saturated rings. The predicted molar refractivity (Wildman–Crippen MR) is 103 cm³/mol. The molecule has 28 heavy (non-hydrogen) atoms. The van der Waals surface area contributed by atoms with Crippen LogP contribution in [0.15, 0.2) is 24.3 Å². The number of rotatable bonds is 9. The van der Waals surface area contributed by atoms with Crippen LogP contribution in [0, 0.1) is 0 Å². The summed E-state index contributed by atoms with van der Waals surface area (Å²) in [5, 5.41) is 29.0. The van der Waals surface area contributed by atoms with Crippen molar-refractivity contribution in [1.29, 1.82) is 0 Å². The summed E-state index contributed by atoms with van der Waals surface area (Å²) < 4.78 is 10.5. The van der Waals surface area contributed by atoms with Gasteiger partial charge in [-0.3, -0.25) is 4.79 Å². The average Bonchev–Trinajstić information content (AvgIpc) is 2.69. The molecule has 1 aliphatic rings. The minimum absolute atomic E-state index is 0.303. The van der Waals surface area contributed by atoms with Gasteiger partial charge in [0.2, 0.25) is 6.29 Å². The van der Waals surface area contributed by atoms with Crippen molar-refractivity contribution in [1.82, 2.24) is 0 Å². The number of esters is 1. The minimum Gasteiger partial charge on any atom is -0.433 e. The van der Waals surface area contributed by atoms with E-state index in [1.54, 1.807) is 0 Å². The lowest BCUT2D eigenvalue weighted by atomic mass is 9.96. The molecule has 8 heteroatoms. The van der Waals surface area contributed by atoms with E-state index in [0.29, 0.717) is 6.42 Å². The van der Waals surface area contributed by atoms with E-state index in [1.165, 1.54) is 0 Å². The Kier molecular flexibility index (Phi) is 8.81. The van der Waals surface area contributed by atoms with Crippen LogP contribution in [0.2, 0.25) is 0 Å². The van der Waals surface area contributed by atoms with Crippen LogP contribution in [0.25, 0.3) is 0 Å². The van der Waals surface area contributed by atoms with Crippen molar-refractivity contribution >= 4 is 5.97 Å². The molecular weight excluding hydrogens is 364 g/mol. The third-order valence-corrected chi connectivity index (χ3v) is 5.07. The molecule has 0 bridgehead atoms. The average molecular weight is 396 g/mol. The molecule has 0 spiro atoms. The monoisotopic (exact) mass is 396 g/mol. The van der Waals surface area contributed by atoms with Gasteiger partial charge in [-0.25, -0.2) is 0 Å². The molecule has 1 saturated heterocycles. The predicted octanol–water partition coefficient (Wildman–Crippen LogP) is -0.401. The highest BCUT2D eigenvalue weighted by Gasteiger charge is 2.44. The standard InChI is InChI=1S/C20H32N2O6/c1-2-3-4-7-12-8-5-6-9-13(12)10-14(21)19(26)28-20-16(22)18(25)17(24)15(11-23)27-20/h5-6,8-9,14-18,20,23-25H,2-4,7,10-11,21-22H2,1H3/t14?,15-,16-,17-,18-,20?/m1/s1. The van der Waals surface area contributed by atoms with Gasteiger partial charge in [0.1, 0.15) is 24.4 Å². The molecule has 7 N–H and O–H groups in total. The van der Waals surface area contributed by atoms with Crippen LogP contribution in [0.3, 0.4) is 0 Å². The van der Waals surface area contributed by atoms with Gasteiger partial charge in [0, 0.05) is 0 Å². The van der Waals surface area contributed by atoms with E-state index in [0.717, 1.165) is 36.8 Å². The smallest absolute Gasteiger partial charge is 0.325 e. The summed E-state index contributed by atoms with van der Waals surface area (Å²) in [5.74, 6) is -0.718. The highest BCUT2D eigenvalue weighted by molar-refractivity contribution is 5.76. The Labute approximate surface area is 165 Å². The summed E-state index contributed by atoms with van der Waals surface area (Å²) in [6.45, 7) is 1.60. The summed E-state index contributed by atoms with van der Waals surface area (Å²) in [4.78, 5) is 12.4. The highest BCUT2D eigenvalue weighted by Crippen LogP contribution is 2.21. The minimum atomic E-state index is -1.39. The summed E-state index contributed by atoms with van der Waals surface area (Å²) in [7, 11) is 0. The Morgan fingerprint density at radius 3 is 2.54 bits per heavy atom. The fourth-order valence-corrected chi connectivity index (χ4v) is 3.30. The Hall–Kier alpha value is -1.55. The molecule has 0 radical (unpaired) electrons. The van der Waals surface area contributed by atoms with E-state index in [4.69, 9.17) is 20.9 Å². The van der Waals surface area contributed by atoms with Crippen LogP contribution < -0.4 is 11.5 Å². The summed E-state index contributed by atoms with van der Waals surface area (Å²) >= 11 is 0. The number of hydrogen-bond acceptors (Lipinski definition) is 8. The Morgan fingerprint density at radius 1 is 1.21 bits per heavy atom. The molecule has 0 aliphatic carbocycles. The van der Waals surface area contributed by atoms with Gasteiger partial charge in [0.15, 0.2) is 0 Å². The molecule has 0 aromatic heterocycles. The summed E-state index contributed by atoms with van der Waals surface area (Å²) in [6, 6.07) is 5.77. The van der Waals surface area contributed by atoms with Crippen LogP contribution in [-0.2, 0) is 27.1 Å². The van der Waals surface area contributed by atoms with Gasteiger partial charge in [-0.1, -0.05) is 44.0 Å². The number of unbranched alkanes of at least 4 members (excludes halogenated alkanes) is 2. The Bertz CT molecular complexity index is 626. The highest BCUT2D eigenvalue weighted by atomic mass is 16.7. The van der Waals surface area contributed by atoms with Crippen LogP contribution in [0.1, 0.15) is 37.3 Å². The molecule has 0 saturated carbocycles. The molecule has 0 amide bonds. The van der Waals surface area contributed by atoms with Crippen LogP contribution >= 0.6 is 0 Å². The number of carbonyl (C=O) groups excluding carboxylic acids is 1. The number of hydrogen-bond donors (Lipinski definition) is 5. The number of ether oxygens (including phenoxy) is 2. The SMILES string of the molecule is CCCCCc1ccccc1CC(N)C(=O)OC1O[C@H](CO)[C@@H](O)[C@H](O)[C@H]1N. The van der Waals surface area contributed by atoms with Crippen LogP contribution in [-0.4, -0.2) is 64.6 Å². The lowest BCUT2D eigenvalue weighted by Crippen LogP contribution is -2.63. The second-order valence-electron chi connectivity index (χ2n) is 7.26. The third kappa shape index (κ3) is 5.73. The zero-order chi connectivity index (χ0) is 20.7. The van der Waals surface area contributed by atoms with Crippen molar-refractivity contribution in [3.05, 3.63) is 35.4 Å². The van der Waals surface area contributed by atoms with E-state index in [9.17, 15) is 20.1 Å². The third-order valence-electron chi connectivity index (χ3n) is 5.07. The first-order valence-electron chi connectivity index (χ1n) is 9.79. The molecule has 1 aromatic rings. The molecule has 8 nitrogen and oxygen atoms in total. The molecule has 6 atom stereocenters. The first-order chi connectivity index (χ1) is 13.4. The number of benzene rings is 1. The number of nitrogens with two attached hydrogens (primary N) is 2. The van der Waals surface area contributed by atoms with Crippen LogP contribution in [0.5, 0.6) is 0 Å². The van der Waals surface area contributed by atoms with Gasteiger partial charge in [-0.05, 0) is 30.4 Å². The van der Waals surface area contributed by atoms with Crippen molar-refractivity contribution in [2.24, 2.45) is 11.5 Å². The molecular formula is C20H32N2O6. The lowest BCUT2D eigenvalue weighted by molar-refractivity contribution is -0.259. The van der Waals surface area contributed by atoms with E-state index in [2.05, 4.69) is 6.92 Å². The quantitative estimate of drug-likeness (QED) is 0.280. The van der Waals surface area contributed by atoms with Crippen molar-refractivity contribution < 1.29 is 29.6 Å². The van der Waals surface area contributed by atoms with Gasteiger partial charge in [-0.15, -0.1) is 0 Å². The van der Waals surface area contributed by atoms with Gasteiger partial charge in [0.05, 0.1) is 12.6 Å². The Morgan fingerprint density at radius 2 is 1.89 bits per heavy atom. The molecule has 2 rings (SSSR count). The van der Waals surface area contributed by atoms with Crippen molar-refractivity contribution in [2.45, 2.75) is 75.7 Å². The zero-order valence-corrected chi connectivity index (χ0v) is 16.2. The first-order valence-corrected chi connectivity index (χ1v) is 9.79. The second kappa shape index (κ2) is 10.8. The largest absolute Gasteiger partial charge is 0.433 e. The fourth-order valence-electron chi connectivity index (χ4n) is 3.30. The fraction of sp³-hybridized carbons (Fsp3) is 0.650. The van der Waals surface area contributed by atoms with Crippen molar-refractivity contribution in [3.63, 3.8) is 0 Å². The molecule has 1 aliphatic heterocycles. The molecule has 158 valence electrons. The van der Waals surface area contributed by atoms with Gasteiger partial charge in [0.25, 0.3) is 0 Å². The van der Waals surface area contributed by atoms with E-state index >= 15 is 0 Å². The number of aliphatic hydroxyl groups excluding tert-OH is 3. The lowest BCUT2D eigenvalue weighted by Gasteiger charge is -2.40. The molecule has 2 unspecified atom stereocenters. The number of carbonyl (C=O) groups is 1. The van der Waals surface area contributed by atoms with Gasteiger partial charge < -0.3 is 36.3 Å². The van der Waals surface area contributed by atoms with E-state index in [1.807, 2.05) is 24.3 Å². The maximum Gasteiger partial charge on any atom is 0.325 e. The van der Waals surface area contributed by atoms with Crippen molar-refractivity contribution in [3.8, 4) is 0 Å². The Balaban J connectivity index is 1.98. The summed E-state index contributed by atoms with van der Waals surface area (Å²) in [6.07, 6.45) is -0.581. The number of aryl methyl sites for hydroxylation is 1. The van der Waals surface area contributed by atoms with Gasteiger partial charge in [-0.2, -0.15) is 0 Å².